The molecule has 0 amide bonds. The molecule has 1 aromatic rings. The molecule has 0 saturated carbocycles. The van der Waals surface area contributed by atoms with Crippen LogP contribution >= 0.6 is 0 Å². The van der Waals surface area contributed by atoms with Crippen LogP contribution in [0.15, 0.2) is 18.2 Å². The summed E-state index contributed by atoms with van der Waals surface area (Å²) in [4.78, 5) is 10.2. The Kier molecular flexibility index (Phi) is 4.53. The quantitative estimate of drug-likeness (QED) is 0.633. The molecule has 0 bridgehead atoms. The molecule has 7 nitrogen and oxygen atoms in total. The normalized spacial score (nSPS) is 18.9. The summed E-state index contributed by atoms with van der Waals surface area (Å²) in [5.74, 6) is 0.820. The summed E-state index contributed by atoms with van der Waals surface area (Å²) in [7, 11) is 1.45. The average Bonchev–Trinajstić information content (AvgIpc) is 2.45. The minimum absolute atomic E-state index is 0.0198. The number of nitrogens with zero attached hydrogens (tertiary/aromatic N) is 1. The van der Waals surface area contributed by atoms with Crippen molar-refractivity contribution in [1.82, 2.24) is 5.32 Å². The predicted octanol–water partition coefficient (Wildman–Crippen LogP) is 0.971. The van der Waals surface area contributed by atoms with E-state index in [0.717, 1.165) is 13.1 Å². The van der Waals surface area contributed by atoms with Gasteiger partial charge in [0.05, 0.1) is 24.7 Å². The number of hydrogen-bond acceptors (Lipinski definition) is 6. The number of non-ortho nitro benzene ring substituents is 1. The van der Waals surface area contributed by atoms with E-state index in [4.69, 9.17) is 14.2 Å². The molecule has 1 atom stereocenters. The van der Waals surface area contributed by atoms with E-state index >= 15 is 0 Å². The zero-order valence-electron chi connectivity index (χ0n) is 10.6. The molecule has 1 fully saturated rings. The third-order valence-electron chi connectivity index (χ3n) is 2.79. The highest BCUT2D eigenvalue weighted by Gasteiger charge is 2.16. The van der Waals surface area contributed by atoms with Crippen LogP contribution in [0.25, 0.3) is 0 Å². The number of nitro groups is 1. The molecule has 1 unspecified atom stereocenters. The van der Waals surface area contributed by atoms with Gasteiger partial charge in [-0.2, -0.15) is 0 Å². The number of ether oxygens (including phenoxy) is 3. The maximum Gasteiger partial charge on any atom is 0.273 e. The monoisotopic (exact) mass is 268 g/mol. The van der Waals surface area contributed by atoms with Crippen molar-refractivity contribution < 1.29 is 19.1 Å². The van der Waals surface area contributed by atoms with Crippen LogP contribution in [-0.2, 0) is 4.74 Å². The molecule has 0 aliphatic carbocycles. The number of methoxy groups -OCH3 is 1. The molecule has 1 aromatic carbocycles. The summed E-state index contributed by atoms with van der Waals surface area (Å²) in [6.07, 6.45) is -0.0198. The highest BCUT2D eigenvalue weighted by Crippen LogP contribution is 2.31. The maximum atomic E-state index is 10.7. The van der Waals surface area contributed by atoms with Crippen molar-refractivity contribution in [2.75, 3.05) is 33.4 Å². The highest BCUT2D eigenvalue weighted by molar-refractivity contribution is 5.48. The zero-order chi connectivity index (χ0) is 13.7. The summed E-state index contributed by atoms with van der Waals surface area (Å²) in [5, 5.41) is 13.9. The van der Waals surface area contributed by atoms with Crippen molar-refractivity contribution in [1.29, 1.82) is 0 Å². The van der Waals surface area contributed by atoms with Crippen molar-refractivity contribution >= 4 is 5.69 Å². The van der Waals surface area contributed by atoms with E-state index in [0.29, 0.717) is 24.7 Å². The molecule has 1 saturated heterocycles. The standard InChI is InChI=1S/C12H16N2O5/c1-17-12-6-9(14(15)16)2-3-11(12)19-8-10-7-13-4-5-18-10/h2-3,6,10,13H,4-5,7-8H2,1H3. The molecule has 1 aliphatic heterocycles. The van der Waals surface area contributed by atoms with Gasteiger partial charge in [-0.15, -0.1) is 0 Å². The molecule has 0 radical (unpaired) electrons. The van der Waals surface area contributed by atoms with Gasteiger partial charge in [-0.3, -0.25) is 10.1 Å². The number of benzene rings is 1. The predicted molar refractivity (Wildman–Crippen MR) is 67.8 cm³/mol. The number of hydrogen-bond donors (Lipinski definition) is 1. The summed E-state index contributed by atoms with van der Waals surface area (Å²) in [6, 6.07) is 4.26. The lowest BCUT2D eigenvalue weighted by Gasteiger charge is -2.23. The van der Waals surface area contributed by atoms with Crippen LogP contribution in [0.2, 0.25) is 0 Å². The van der Waals surface area contributed by atoms with Gasteiger partial charge in [0.1, 0.15) is 12.7 Å². The Balaban J connectivity index is 2.00. The fraction of sp³-hybridized carbons (Fsp3) is 0.500. The number of rotatable bonds is 5. The second-order valence-corrected chi connectivity index (χ2v) is 4.10. The van der Waals surface area contributed by atoms with E-state index in [2.05, 4.69) is 5.32 Å². The second-order valence-electron chi connectivity index (χ2n) is 4.10. The average molecular weight is 268 g/mol. The molecule has 0 aromatic heterocycles. The second kappa shape index (κ2) is 6.35. The Labute approximate surface area is 110 Å². The smallest absolute Gasteiger partial charge is 0.273 e. The SMILES string of the molecule is COc1cc([N+](=O)[O-])ccc1OCC1CNCCO1. The first-order chi connectivity index (χ1) is 9.20. The van der Waals surface area contributed by atoms with Crippen LogP contribution in [0.1, 0.15) is 0 Å². The number of nitro benzene ring substituents is 1. The Morgan fingerprint density at radius 2 is 2.37 bits per heavy atom. The Bertz CT molecular complexity index is 446. The zero-order valence-corrected chi connectivity index (χ0v) is 10.6. The van der Waals surface area contributed by atoms with Gasteiger partial charge in [0.15, 0.2) is 11.5 Å². The Hall–Kier alpha value is -1.86. The van der Waals surface area contributed by atoms with Crippen LogP contribution in [0.3, 0.4) is 0 Å². The van der Waals surface area contributed by atoms with Gasteiger partial charge in [-0.1, -0.05) is 0 Å². The summed E-state index contributed by atoms with van der Waals surface area (Å²) < 4.78 is 16.2. The van der Waals surface area contributed by atoms with Crippen LogP contribution in [0, 0.1) is 10.1 Å². The van der Waals surface area contributed by atoms with Gasteiger partial charge in [0.2, 0.25) is 0 Å². The lowest BCUT2D eigenvalue weighted by atomic mass is 10.2. The number of morpholine rings is 1. The lowest BCUT2D eigenvalue weighted by Crippen LogP contribution is -2.41. The van der Waals surface area contributed by atoms with Crippen molar-refractivity contribution in [3.8, 4) is 11.5 Å². The molecule has 1 aliphatic rings. The van der Waals surface area contributed by atoms with Gasteiger partial charge in [0.25, 0.3) is 5.69 Å². The van der Waals surface area contributed by atoms with E-state index < -0.39 is 4.92 Å². The minimum atomic E-state index is -0.472. The molecule has 0 spiro atoms. The summed E-state index contributed by atoms with van der Waals surface area (Å²) >= 11 is 0. The Morgan fingerprint density at radius 1 is 1.53 bits per heavy atom. The molecular weight excluding hydrogens is 252 g/mol. The first-order valence-corrected chi connectivity index (χ1v) is 5.98. The fourth-order valence-electron chi connectivity index (χ4n) is 1.80. The molecule has 19 heavy (non-hydrogen) atoms. The van der Waals surface area contributed by atoms with Crippen molar-refractivity contribution in [3.05, 3.63) is 28.3 Å². The third-order valence-corrected chi connectivity index (χ3v) is 2.79. The van der Waals surface area contributed by atoms with Gasteiger partial charge in [-0.25, -0.2) is 0 Å². The largest absolute Gasteiger partial charge is 0.493 e. The molecule has 1 heterocycles. The fourth-order valence-corrected chi connectivity index (χ4v) is 1.80. The summed E-state index contributed by atoms with van der Waals surface area (Å²) in [6.45, 7) is 2.61. The van der Waals surface area contributed by atoms with Crippen molar-refractivity contribution in [2.45, 2.75) is 6.10 Å². The van der Waals surface area contributed by atoms with Crippen LogP contribution < -0.4 is 14.8 Å². The van der Waals surface area contributed by atoms with E-state index in [-0.39, 0.29) is 11.8 Å². The van der Waals surface area contributed by atoms with Gasteiger partial charge in [0, 0.05) is 19.2 Å². The van der Waals surface area contributed by atoms with E-state index in [1.54, 1.807) is 0 Å². The van der Waals surface area contributed by atoms with E-state index in [1.807, 2.05) is 0 Å². The summed E-state index contributed by atoms with van der Waals surface area (Å²) in [5.41, 5.74) is -0.0280. The number of nitrogens with one attached hydrogen (secondary N) is 1. The first-order valence-electron chi connectivity index (χ1n) is 5.98. The van der Waals surface area contributed by atoms with Gasteiger partial charge >= 0.3 is 0 Å². The van der Waals surface area contributed by atoms with Crippen molar-refractivity contribution in [2.24, 2.45) is 0 Å². The Morgan fingerprint density at radius 3 is 3.00 bits per heavy atom. The molecule has 1 N–H and O–H groups in total. The lowest BCUT2D eigenvalue weighted by molar-refractivity contribution is -0.385. The van der Waals surface area contributed by atoms with E-state index in [9.17, 15) is 10.1 Å². The molecule has 7 heteroatoms. The van der Waals surface area contributed by atoms with E-state index in [1.165, 1.54) is 25.3 Å². The molecular formula is C12H16N2O5. The first kappa shape index (κ1) is 13.6. The van der Waals surface area contributed by atoms with Crippen LogP contribution in [0.5, 0.6) is 11.5 Å². The van der Waals surface area contributed by atoms with Crippen LogP contribution in [-0.4, -0.2) is 44.4 Å². The molecule has 104 valence electrons. The van der Waals surface area contributed by atoms with Crippen molar-refractivity contribution in [3.63, 3.8) is 0 Å². The van der Waals surface area contributed by atoms with Gasteiger partial charge < -0.3 is 19.5 Å². The van der Waals surface area contributed by atoms with Crippen LogP contribution in [0.4, 0.5) is 5.69 Å². The maximum absolute atomic E-state index is 10.7. The topological polar surface area (TPSA) is 82.9 Å². The highest BCUT2D eigenvalue weighted by atomic mass is 16.6. The van der Waals surface area contributed by atoms with Gasteiger partial charge in [-0.05, 0) is 6.07 Å². The third kappa shape index (κ3) is 3.55. The minimum Gasteiger partial charge on any atom is -0.493 e. The molecule has 2 rings (SSSR count).